The molecule has 36 heavy (non-hydrogen) atoms. The minimum Gasteiger partial charge on any atom is -0.493 e. The predicted molar refractivity (Wildman–Crippen MR) is 135 cm³/mol. The van der Waals surface area contributed by atoms with Crippen molar-refractivity contribution in [1.82, 2.24) is 9.78 Å². The quantitative estimate of drug-likeness (QED) is 0.313. The van der Waals surface area contributed by atoms with E-state index in [1.54, 1.807) is 59.4 Å². The molecule has 3 aromatic carbocycles. The molecule has 0 aliphatic carbocycles. The van der Waals surface area contributed by atoms with Crippen LogP contribution in [0.15, 0.2) is 72.9 Å². The number of anilines is 1. The minimum absolute atomic E-state index is 0.265. The summed E-state index contributed by atoms with van der Waals surface area (Å²) in [5, 5.41) is 17.4. The Labute approximate surface area is 216 Å². The highest BCUT2D eigenvalue weighted by molar-refractivity contribution is 6.32. The van der Waals surface area contributed by atoms with Gasteiger partial charge in [-0.25, -0.2) is 4.68 Å². The summed E-state index contributed by atoms with van der Waals surface area (Å²) in [5.41, 5.74) is 1.62. The van der Waals surface area contributed by atoms with Gasteiger partial charge in [0.15, 0.2) is 5.82 Å². The van der Waals surface area contributed by atoms with Crippen LogP contribution in [0.25, 0.3) is 5.69 Å². The molecule has 5 rings (SSSR count). The van der Waals surface area contributed by atoms with Gasteiger partial charge in [-0.05, 0) is 48.9 Å². The first-order chi connectivity index (χ1) is 17.4. The zero-order valence-electron chi connectivity index (χ0n) is 18.7. The summed E-state index contributed by atoms with van der Waals surface area (Å²) in [4.78, 5) is 24.2. The number of rotatable bonds is 6. The molecule has 10 heteroatoms. The number of carboxylic acid groups (broad SMARTS) is 1. The molecule has 1 atom stereocenters. The minimum atomic E-state index is -0.922. The van der Waals surface area contributed by atoms with E-state index in [0.29, 0.717) is 57.9 Å². The summed E-state index contributed by atoms with van der Waals surface area (Å²) >= 11 is 12.6. The lowest BCUT2D eigenvalue weighted by molar-refractivity contribution is -0.139. The highest BCUT2D eigenvalue weighted by Gasteiger charge is 2.29. The number of aliphatic carboxylic acids is 1. The lowest BCUT2D eigenvalue weighted by Crippen LogP contribution is -2.20. The average molecular weight is 524 g/mol. The molecule has 0 saturated carbocycles. The van der Waals surface area contributed by atoms with Gasteiger partial charge < -0.3 is 19.9 Å². The van der Waals surface area contributed by atoms with E-state index >= 15 is 0 Å². The molecule has 0 radical (unpaired) electrons. The normalized spacial score (nSPS) is 14.4. The van der Waals surface area contributed by atoms with Gasteiger partial charge in [-0.1, -0.05) is 35.3 Å². The Morgan fingerprint density at radius 1 is 1.06 bits per heavy atom. The molecule has 1 unspecified atom stereocenters. The van der Waals surface area contributed by atoms with Crippen molar-refractivity contribution in [3.8, 4) is 22.9 Å². The van der Waals surface area contributed by atoms with Crippen LogP contribution in [-0.4, -0.2) is 33.4 Å². The number of nitrogens with zero attached hydrogens (tertiary/aromatic N) is 2. The number of hydrogen-bond donors (Lipinski definition) is 2. The molecule has 0 bridgehead atoms. The van der Waals surface area contributed by atoms with Gasteiger partial charge in [0, 0.05) is 29.5 Å². The number of para-hydroxylation sites is 1. The highest BCUT2D eigenvalue weighted by atomic mass is 35.5. The molecule has 0 saturated heterocycles. The molecule has 0 fully saturated rings. The fourth-order valence-electron chi connectivity index (χ4n) is 3.88. The molecule has 182 valence electrons. The molecule has 8 nitrogen and oxygen atoms in total. The lowest BCUT2D eigenvalue weighted by Gasteiger charge is -2.24. The van der Waals surface area contributed by atoms with Crippen molar-refractivity contribution in [2.75, 3.05) is 11.9 Å². The van der Waals surface area contributed by atoms with Crippen molar-refractivity contribution in [3.05, 3.63) is 94.1 Å². The second kappa shape index (κ2) is 9.93. The van der Waals surface area contributed by atoms with E-state index in [1.165, 1.54) is 0 Å². The van der Waals surface area contributed by atoms with E-state index in [4.69, 9.17) is 32.7 Å². The Kier molecular flexibility index (Phi) is 6.54. The van der Waals surface area contributed by atoms with Crippen molar-refractivity contribution in [1.29, 1.82) is 0 Å². The Balaban J connectivity index is 1.27. The van der Waals surface area contributed by atoms with E-state index < -0.39 is 11.9 Å². The fraction of sp³-hybridized carbons (Fsp3) is 0.115. The molecule has 1 amide bonds. The molecule has 1 aliphatic heterocycles. The van der Waals surface area contributed by atoms with Crippen LogP contribution < -0.4 is 14.8 Å². The van der Waals surface area contributed by atoms with Gasteiger partial charge in [0.25, 0.3) is 5.91 Å². The van der Waals surface area contributed by atoms with Crippen molar-refractivity contribution in [3.63, 3.8) is 0 Å². The maximum Gasteiger partial charge on any atom is 0.311 e. The van der Waals surface area contributed by atoms with E-state index in [1.807, 2.05) is 18.2 Å². The molecule has 0 spiro atoms. The van der Waals surface area contributed by atoms with Gasteiger partial charge in [0.1, 0.15) is 17.2 Å². The topological polar surface area (TPSA) is 103 Å². The Hall–Kier alpha value is -4.01. The third kappa shape index (κ3) is 4.86. The van der Waals surface area contributed by atoms with E-state index in [0.717, 1.165) is 0 Å². The number of amides is 1. The van der Waals surface area contributed by atoms with Gasteiger partial charge >= 0.3 is 5.97 Å². The first-order valence-electron chi connectivity index (χ1n) is 11.0. The van der Waals surface area contributed by atoms with Crippen LogP contribution in [0.4, 0.5) is 5.82 Å². The number of carboxylic acids is 1. The number of hydrogen-bond acceptors (Lipinski definition) is 5. The first kappa shape index (κ1) is 23.7. The van der Waals surface area contributed by atoms with Gasteiger partial charge in [0.05, 0.1) is 28.3 Å². The smallest absolute Gasteiger partial charge is 0.311 e. The second-order valence-corrected chi connectivity index (χ2v) is 8.84. The second-order valence-electron chi connectivity index (χ2n) is 8.03. The third-order valence-corrected chi connectivity index (χ3v) is 6.29. The number of carbonyl (C=O) groups excluding carboxylic acids is 1. The van der Waals surface area contributed by atoms with E-state index in [9.17, 15) is 14.7 Å². The third-order valence-electron chi connectivity index (χ3n) is 5.68. The van der Waals surface area contributed by atoms with Crippen molar-refractivity contribution in [2.45, 2.75) is 12.3 Å². The molecular formula is C26H19Cl2N3O5. The standard InChI is InChI=1S/C26H19Cl2N3O5/c27-19-3-1-2-4-21(19)31-11-9-24(30-31)29-25(32)15-5-7-16(8-6-15)36-23-14-22-18(13-20(23)28)17(26(33)34)10-12-35-22/h1-9,11,13-14,17H,10,12H2,(H,33,34)(H,29,30,32). The fourth-order valence-corrected chi connectivity index (χ4v) is 4.31. The number of halogens is 2. The van der Waals surface area contributed by atoms with Gasteiger partial charge in [-0.3, -0.25) is 9.59 Å². The van der Waals surface area contributed by atoms with Crippen LogP contribution in [0.2, 0.25) is 10.0 Å². The number of ether oxygens (including phenoxy) is 2. The molecule has 1 aromatic heterocycles. The molecule has 2 N–H and O–H groups in total. The summed E-state index contributed by atoms with van der Waals surface area (Å²) in [6.07, 6.45) is 2.08. The molecular weight excluding hydrogens is 505 g/mol. The first-order valence-corrected chi connectivity index (χ1v) is 11.7. The Morgan fingerprint density at radius 3 is 2.58 bits per heavy atom. The zero-order valence-corrected chi connectivity index (χ0v) is 20.2. The van der Waals surface area contributed by atoms with Crippen LogP contribution in [0.5, 0.6) is 17.2 Å². The largest absolute Gasteiger partial charge is 0.493 e. The van der Waals surface area contributed by atoms with Crippen LogP contribution in [0.3, 0.4) is 0 Å². The van der Waals surface area contributed by atoms with Crippen LogP contribution in [0, 0.1) is 0 Å². The molecule has 2 heterocycles. The van der Waals surface area contributed by atoms with Gasteiger partial charge in [-0.2, -0.15) is 0 Å². The predicted octanol–water partition coefficient (Wildman–Crippen LogP) is 6.17. The SMILES string of the molecule is O=C(Nc1ccn(-c2ccccc2Cl)n1)c1ccc(Oc2cc3c(cc2Cl)C(C(=O)O)CCO3)cc1. The Morgan fingerprint density at radius 2 is 1.83 bits per heavy atom. The number of fused-ring (bicyclic) bond motifs is 1. The van der Waals surface area contributed by atoms with Crippen molar-refractivity contribution >= 4 is 40.9 Å². The summed E-state index contributed by atoms with van der Waals surface area (Å²) in [6, 6.07) is 18.6. The summed E-state index contributed by atoms with van der Waals surface area (Å²) in [6.45, 7) is 0.297. The highest BCUT2D eigenvalue weighted by Crippen LogP contribution is 2.41. The average Bonchev–Trinajstić information content (AvgIpc) is 3.33. The maximum absolute atomic E-state index is 12.7. The number of benzene rings is 3. The summed E-state index contributed by atoms with van der Waals surface area (Å²) < 4.78 is 13.1. The summed E-state index contributed by atoms with van der Waals surface area (Å²) in [7, 11) is 0. The van der Waals surface area contributed by atoms with Crippen LogP contribution in [-0.2, 0) is 4.79 Å². The lowest BCUT2D eigenvalue weighted by atomic mass is 9.93. The van der Waals surface area contributed by atoms with Gasteiger partial charge in [-0.15, -0.1) is 5.10 Å². The van der Waals surface area contributed by atoms with Crippen molar-refractivity contribution < 1.29 is 24.2 Å². The molecule has 1 aliphatic rings. The van der Waals surface area contributed by atoms with E-state index in [-0.39, 0.29) is 10.9 Å². The van der Waals surface area contributed by atoms with Crippen LogP contribution >= 0.6 is 23.2 Å². The number of aromatic nitrogens is 2. The van der Waals surface area contributed by atoms with E-state index in [2.05, 4.69) is 10.4 Å². The van der Waals surface area contributed by atoms with Crippen molar-refractivity contribution in [2.24, 2.45) is 0 Å². The number of nitrogens with one attached hydrogen (secondary N) is 1. The van der Waals surface area contributed by atoms with Crippen LogP contribution in [0.1, 0.15) is 28.3 Å². The Bertz CT molecular complexity index is 1450. The summed E-state index contributed by atoms with van der Waals surface area (Å²) in [5.74, 6) is -0.361. The monoisotopic (exact) mass is 523 g/mol. The maximum atomic E-state index is 12.7. The zero-order chi connectivity index (χ0) is 25.2. The molecule has 4 aromatic rings. The van der Waals surface area contributed by atoms with Gasteiger partial charge in [0.2, 0.25) is 0 Å². The number of carbonyl (C=O) groups is 2.